The van der Waals surface area contributed by atoms with Gasteiger partial charge in [0.05, 0.1) is 7.11 Å². The number of benzene rings is 1. The molecule has 19 heavy (non-hydrogen) atoms. The van der Waals surface area contributed by atoms with Gasteiger partial charge in [-0.3, -0.25) is 0 Å². The molecule has 1 heterocycles. The first-order valence-corrected chi connectivity index (χ1v) is 6.89. The molecule has 1 saturated heterocycles. The van der Waals surface area contributed by atoms with Gasteiger partial charge in [0.25, 0.3) is 0 Å². The Morgan fingerprint density at radius 1 is 1.53 bits per heavy atom. The van der Waals surface area contributed by atoms with Crippen molar-refractivity contribution in [2.24, 2.45) is 5.92 Å². The van der Waals surface area contributed by atoms with E-state index in [1.165, 1.54) is 19.5 Å². The fourth-order valence-electron chi connectivity index (χ4n) is 2.62. The van der Waals surface area contributed by atoms with Crippen molar-refractivity contribution in [3.63, 3.8) is 0 Å². The number of phenolic OH excluding ortho intramolecular Hbond substituents is 1. The van der Waals surface area contributed by atoms with E-state index in [1.54, 1.807) is 13.2 Å². The van der Waals surface area contributed by atoms with E-state index in [2.05, 4.69) is 24.2 Å². The molecule has 0 bridgehead atoms. The zero-order chi connectivity index (χ0) is 13.8. The standard InChI is InChI=1S/C15H24N2O2/c1-11(16-9-12-6-7-17(2)10-12)13-4-5-14(18)15(8-13)19-3/h4-5,8,11-12,16,18H,6-7,9-10H2,1-3H3. The predicted octanol–water partition coefficient (Wildman–Crippen LogP) is 2.00. The molecule has 1 aliphatic rings. The molecule has 1 fully saturated rings. The summed E-state index contributed by atoms with van der Waals surface area (Å²) in [6.45, 7) is 5.56. The molecule has 0 aliphatic carbocycles. The van der Waals surface area contributed by atoms with E-state index in [9.17, 15) is 5.11 Å². The highest BCUT2D eigenvalue weighted by atomic mass is 16.5. The van der Waals surface area contributed by atoms with Crippen molar-refractivity contribution in [2.45, 2.75) is 19.4 Å². The molecule has 0 spiro atoms. The van der Waals surface area contributed by atoms with Crippen LogP contribution < -0.4 is 10.1 Å². The Labute approximate surface area is 115 Å². The first-order chi connectivity index (χ1) is 9.10. The van der Waals surface area contributed by atoms with Gasteiger partial charge in [-0.25, -0.2) is 0 Å². The molecule has 2 unspecified atom stereocenters. The predicted molar refractivity (Wildman–Crippen MR) is 76.7 cm³/mol. The second-order valence-electron chi connectivity index (χ2n) is 5.48. The number of nitrogens with zero attached hydrogens (tertiary/aromatic N) is 1. The molecule has 0 saturated carbocycles. The second kappa shape index (κ2) is 6.26. The van der Waals surface area contributed by atoms with Crippen molar-refractivity contribution in [1.29, 1.82) is 0 Å². The van der Waals surface area contributed by atoms with Gasteiger partial charge in [0.2, 0.25) is 0 Å². The first-order valence-electron chi connectivity index (χ1n) is 6.89. The largest absolute Gasteiger partial charge is 0.504 e. The quantitative estimate of drug-likeness (QED) is 0.854. The third-order valence-corrected chi connectivity index (χ3v) is 3.91. The summed E-state index contributed by atoms with van der Waals surface area (Å²) in [7, 11) is 3.75. The minimum atomic E-state index is 0.191. The summed E-state index contributed by atoms with van der Waals surface area (Å²) in [5.41, 5.74) is 1.14. The highest BCUT2D eigenvalue weighted by molar-refractivity contribution is 5.42. The Balaban J connectivity index is 1.90. The first kappa shape index (κ1) is 14.2. The molecule has 0 amide bonds. The van der Waals surface area contributed by atoms with Crippen LogP contribution in [0, 0.1) is 5.92 Å². The fourth-order valence-corrected chi connectivity index (χ4v) is 2.62. The summed E-state index contributed by atoms with van der Waals surface area (Å²) in [5, 5.41) is 13.2. The highest BCUT2D eigenvalue weighted by Gasteiger charge is 2.20. The number of hydrogen-bond donors (Lipinski definition) is 2. The molecular formula is C15H24N2O2. The zero-order valence-corrected chi connectivity index (χ0v) is 12.0. The smallest absolute Gasteiger partial charge is 0.160 e. The number of hydrogen-bond acceptors (Lipinski definition) is 4. The number of likely N-dealkylation sites (tertiary alicyclic amines) is 1. The number of phenols is 1. The number of rotatable bonds is 5. The van der Waals surface area contributed by atoms with Crippen LogP contribution in [-0.4, -0.2) is 43.8 Å². The van der Waals surface area contributed by atoms with Crippen molar-refractivity contribution >= 4 is 0 Å². The normalized spacial score (nSPS) is 21.5. The molecule has 4 heteroatoms. The zero-order valence-electron chi connectivity index (χ0n) is 12.0. The van der Waals surface area contributed by atoms with Gasteiger partial charge >= 0.3 is 0 Å². The maximum absolute atomic E-state index is 9.60. The molecule has 1 aromatic rings. The third-order valence-electron chi connectivity index (χ3n) is 3.91. The molecule has 4 nitrogen and oxygen atoms in total. The minimum Gasteiger partial charge on any atom is -0.504 e. The lowest BCUT2D eigenvalue weighted by Crippen LogP contribution is -2.27. The van der Waals surface area contributed by atoms with Gasteiger partial charge in [0.1, 0.15) is 0 Å². The van der Waals surface area contributed by atoms with E-state index in [-0.39, 0.29) is 11.8 Å². The topological polar surface area (TPSA) is 44.7 Å². The van der Waals surface area contributed by atoms with Crippen LogP contribution in [0.2, 0.25) is 0 Å². The Morgan fingerprint density at radius 2 is 2.32 bits per heavy atom. The summed E-state index contributed by atoms with van der Waals surface area (Å²) >= 11 is 0. The lowest BCUT2D eigenvalue weighted by atomic mass is 10.1. The summed E-state index contributed by atoms with van der Waals surface area (Å²) in [5.74, 6) is 1.47. The number of methoxy groups -OCH3 is 1. The van der Waals surface area contributed by atoms with Crippen molar-refractivity contribution in [2.75, 3.05) is 33.8 Å². The number of aromatic hydroxyl groups is 1. The average molecular weight is 264 g/mol. The molecule has 1 aromatic carbocycles. The number of ether oxygens (including phenoxy) is 1. The average Bonchev–Trinajstić information content (AvgIpc) is 2.82. The van der Waals surface area contributed by atoms with Crippen LogP contribution in [0.5, 0.6) is 11.5 Å². The van der Waals surface area contributed by atoms with Crippen LogP contribution in [0.1, 0.15) is 24.9 Å². The number of nitrogens with one attached hydrogen (secondary N) is 1. The van der Waals surface area contributed by atoms with Crippen LogP contribution in [0.3, 0.4) is 0 Å². The maximum atomic E-state index is 9.60. The second-order valence-corrected chi connectivity index (χ2v) is 5.48. The Hall–Kier alpha value is -1.26. The molecule has 2 atom stereocenters. The fraction of sp³-hybridized carbons (Fsp3) is 0.600. The molecule has 0 radical (unpaired) electrons. The lowest BCUT2D eigenvalue weighted by Gasteiger charge is -2.18. The summed E-state index contributed by atoms with van der Waals surface area (Å²) < 4.78 is 5.14. The SMILES string of the molecule is COc1cc(C(C)NCC2CCN(C)C2)ccc1O. The van der Waals surface area contributed by atoms with E-state index in [0.717, 1.165) is 18.0 Å². The molecule has 2 rings (SSSR count). The summed E-state index contributed by atoms with van der Waals surface area (Å²) in [6, 6.07) is 5.79. The highest BCUT2D eigenvalue weighted by Crippen LogP contribution is 2.29. The summed E-state index contributed by atoms with van der Waals surface area (Å²) in [6.07, 6.45) is 1.27. The van der Waals surface area contributed by atoms with Crippen molar-refractivity contribution < 1.29 is 9.84 Å². The van der Waals surface area contributed by atoms with Crippen molar-refractivity contribution in [3.8, 4) is 11.5 Å². The molecule has 1 aliphatic heterocycles. The van der Waals surface area contributed by atoms with Crippen molar-refractivity contribution in [3.05, 3.63) is 23.8 Å². The summed E-state index contributed by atoms with van der Waals surface area (Å²) in [4.78, 5) is 2.38. The van der Waals surface area contributed by atoms with Gasteiger partial charge in [-0.05, 0) is 57.1 Å². The van der Waals surface area contributed by atoms with Gasteiger partial charge < -0.3 is 20.1 Å². The molecule has 106 valence electrons. The van der Waals surface area contributed by atoms with Gasteiger partial charge in [0, 0.05) is 12.6 Å². The van der Waals surface area contributed by atoms with Crippen LogP contribution >= 0.6 is 0 Å². The van der Waals surface area contributed by atoms with E-state index in [0.29, 0.717) is 5.75 Å². The minimum absolute atomic E-state index is 0.191. The van der Waals surface area contributed by atoms with E-state index < -0.39 is 0 Å². The monoisotopic (exact) mass is 264 g/mol. The Morgan fingerprint density at radius 3 is 2.95 bits per heavy atom. The van der Waals surface area contributed by atoms with E-state index in [1.807, 2.05) is 12.1 Å². The van der Waals surface area contributed by atoms with Gasteiger partial charge in [0.15, 0.2) is 11.5 Å². The Kier molecular flexibility index (Phi) is 4.66. The Bertz CT molecular complexity index is 423. The van der Waals surface area contributed by atoms with E-state index in [4.69, 9.17) is 4.74 Å². The van der Waals surface area contributed by atoms with Crippen LogP contribution in [0.4, 0.5) is 0 Å². The van der Waals surface area contributed by atoms with Crippen LogP contribution in [0.15, 0.2) is 18.2 Å². The lowest BCUT2D eigenvalue weighted by molar-refractivity contribution is 0.370. The third kappa shape index (κ3) is 3.61. The molecule has 2 N–H and O–H groups in total. The van der Waals surface area contributed by atoms with Crippen LogP contribution in [-0.2, 0) is 0 Å². The van der Waals surface area contributed by atoms with Gasteiger partial charge in [-0.2, -0.15) is 0 Å². The molecular weight excluding hydrogens is 240 g/mol. The van der Waals surface area contributed by atoms with Crippen molar-refractivity contribution in [1.82, 2.24) is 10.2 Å². The molecule has 0 aromatic heterocycles. The van der Waals surface area contributed by atoms with Gasteiger partial charge in [-0.1, -0.05) is 6.07 Å². The van der Waals surface area contributed by atoms with Crippen LogP contribution in [0.25, 0.3) is 0 Å². The van der Waals surface area contributed by atoms with E-state index >= 15 is 0 Å². The van der Waals surface area contributed by atoms with Gasteiger partial charge in [-0.15, -0.1) is 0 Å². The maximum Gasteiger partial charge on any atom is 0.160 e.